The van der Waals surface area contributed by atoms with Crippen molar-refractivity contribution >= 4 is 42.9 Å². The SMILES string of the molecule is O=C(O)c1ccc([N+](=O)[O-])cc1F.O=C(c1ccc([N+](=O)[O-])cc1F)N1CCS(=O)(=O)CC1.O=S1(=O)CCNCC1. The highest BCUT2D eigenvalue weighted by Crippen LogP contribution is 2.19. The van der Waals surface area contributed by atoms with E-state index in [4.69, 9.17) is 5.11 Å². The van der Waals surface area contributed by atoms with Crippen LogP contribution in [0.3, 0.4) is 0 Å². The molecule has 4 rings (SSSR count). The Balaban J connectivity index is 0.000000239. The molecular formula is C22H24F2N4O11S2. The van der Waals surface area contributed by atoms with Gasteiger partial charge in [-0.15, -0.1) is 0 Å². The fraction of sp³-hybridized carbons (Fsp3) is 0.364. The van der Waals surface area contributed by atoms with Crippen LogP contribution >= 0.6 is 0 Å². The number of carbonyl (C=O) groups is 2. The second-order valence-corrected chi connectivity index (χ2v) is 13.1. The number of hydrogen-bond donors (Lipinski definition) is 2. The minimum absolute atomic E-state index is 0.00239. The maximum absolute atomic E-state index is 13.7. The van der Waals surface area contributed by atoms with E-state index in [2.05, 4.69) is 5.32 Å². The minimum Gasteiger partial charge on any atom is -0.478 e. The molecule has 0 saturated carbocycles. The van der Waals surface area contributed by atoms with Crippen molar-refractivity contribution in [2.75, 3.05) is 49.2 Å². The Labute approximate surface area is 231 Å². The standard InChI is InChI=1S/C11H11FN2O5S.C7H4FNO4.C4H9NO2S/c12-10-7-8(14(16)17)1-2-9(10)11(15)13-3-5-20(18,19)6-4-13;8-6-3-4(9(12)13)1-2-5(6)7(10)11;6-8(7)3-1-5-2-4-8/h1-2,7H,3-6H2;1-3H,(H,10,11);5H,1-4H2. The van der Waals surface area contributed by atoms with Crippen molar-refractivity contribution in [3.63, 3.8) is 0 Å². The maximum Gasteiger partial charge on any atom is 0.338 e. The number of hydrogen-bond acceptors (Lipinski definition) is 11. The molecule has 2 aliphatic heterocycles. The number of carboxylic acid groups (broad SMARTS) is 1. The third kappa shape index (κ3) is 10.1. The van der Waals surface area contributed by atoms with Gasteiger partial charge in [0.1, 0.15) is 11.6 Å². The largest absolute Gasteiger partial charge is 0.478 e. The highest BCUT2D eigenvalue weighted by atomic mass is 32.2. The number of amides is 1. The van der Waals surface area contributed by atoms with Crippen molar-refractivity contribution in [3.8, 4) is 0 Å². The Bertz CT molecular complexity index is 1520. The summed E-state index contributed by atoms with van der Waals surface area (Å²) in [7, 11) is -5.78. The number of nitro benzene ring substituents is 2. The molecule has 2 heterocycles. The van der Waals surface area contributed by atoms with Crippen LogP contribution in [0.4, 0.5) is 20.2 Å². The molecule has 0 unspecified atom stereocenters. The molecule has 2 fully saturated rings. The average Bonchev–Trinajstić information content (AvgIpc) is 2.88. The van der Waals surface area contributed by atoms with Crippen molar-refractivity contribution < 1.29 is 50.2 Å². The van der Waals surface area contributed by atoms with Gasteiger partial charge in [-0.2, -0.15) is 0 Å². The molecule has 0 aromatic heterocycles. The van der Waals surface area contributed by atoms with Gasteiger partial charge in [0, 0.05) is 38.3 Å². The molecule has 0 bridgehead atoms. The highest BCUT2D eigenvalue weighted by Gasteiger charge is 2.27. The molecular weight excluding hydrogens is 598 g/mol. The highest BCUT2D eigenvalue weighted by molar-refractivity contribution is 7.91. The first-order valence-electron chi connectivity index (χ1n) is 11.5. The summed E-state index contributed by atoms with van der Waals surface area (Å²) in [5, 5.41) is 32.0. The van der Waals surface area contributed by atoms with Gasteiger partial charge in [-0.3, -0.25) is 25.0 Å². The molecule has 2 saturated heterocycles. The predicted molar refractivity (Wildman–Crippen MR) is 139 cm³/mol. The van der Waals surface area contributed by atoms with Crippen LogP contribution in [0, 0.1) is 31.9 Å². The number of aromatic carboxylic acids is 1. The summed E-state index contributed by atoms with van der Waals surface area (Å²) in [6.45, 7) is 1.25. The lowest BCUT2D eigenvalue weighted by Gasteiger charge is -2.26. The first-order valence-corrected chi connectivity index (χ1v) is 15.2. The van der Waals surface area contributed by atoms with Crippen LogP contribution in [0.1, 0.15) is 20.7 Å². The van der Waals surface area contributed by atoms with E-state index >= 15 is 0 Å². The van der Waals surface area contributed by atoms with Crippen molar-refractivity contribution in [2.24, 2.45) is 0 Å². The number of rotatable bonds is 4. The average molecular weight is 623 g/mol. The van der Waals surface area contributed by atoms with Crippen molar-refractivity contribution in [1.29, 1.82) is 0 Å². The van der Waals surface area contributed by atoms with E-state index in [-0.39, 0.29) is 30.2 Å². The van der Waals surface area contributed by atoms with E-state index in [1.165, 1.54) is 4.90 Å². The molecule has 0 atom stereocenters. The molecule has 2 N–H and O–H groups in total. The summed E-state index contributed by atoms with van der Waals surface area (Å²) in [5.74, 6) is -3.90. The summed E-state index contributed by atoms with van der Waals surface area (Å²) in [4.78, 5) is 42.6. The fourth-order valence-corrected chi connectivity index (χ4v) is 5.67. The van der Waals surface area contributed by atoms with Gasteiger partial charge in [0.15, 0.2) is 19.7 Å². The number of nitrogens with zero attached hydrogens (tertiary/aromatic N) is 3. The van der Waals surface area contributed by atoms with Gasteiger partial charge >= 0.3 is 5.97 Å². The molecule has 15 nitrogen and oxygen atoms in total. The topological polar surface area (TPSA) is 224 Å². The number of halogens is 2. The zero-order valence-electron chi connectivity index (χ0n) is 21.1. The maximum atomic E-state index is 13.7. The van der Waals surface area contributed by atoms with Gasteiger partial charge in [0.2, 0.25) is 0 Å². The number of carbonyl (C=O) groups excluding carboxylic acids is 1. The first kappa shape index (κ1) is 33.1. The molecule has 0 radical (unpaired) electrons. The molecule has 2 aromatic carbocycles. The Morgan fingerprint density at radius 1 is 0.780 bits per heavy atom. The van der Waals surface area contributed by atoms with E-state index in [0.29, 0.717) is 36.7 Å². The molecule has 2 aliphatic rings. The Kier molecular flexibility index (Phi) is 11.3. The third-order valence-electron chi connectivity index (χ3n) is 5.60. The number of nitro groups is 2. The van der Waals surface area contributed by atoms with Gasteiger partial charge in [-0.05, 0) is 12.1 Å². The van der Waals surface area contributed by atoms with Crippen LogP contribution in [-0.2, 0) is 19.7 Å². The summed E-state index contributed by atoms with van der Waals surface area (Å²) in [5.41, 5.74) is -1.79. The number of carboxylic acids is 1. The molecule has 2 aromatic rings. The van der Waals surface area contributed by atoms with E-state index < -0.39 is 70.0 Å². The normalized spacial score (nSPS) is 17.1. The third-order valence-corrected chi connectivity index (χ3v) is 8.86. The van der Waals surface area contributed by atoms with E-state index in [1.807, 2.05) is 0 Å². The van der Waals surface area contributed by atoms with Crippen LogP contribution in [0.2, 0.25) is 0 Å². The second kappa shape index (κ2) is 14.0. The lowest BCUT2D eigenvalue weighted by molar-refractivity contribution is -0.385. The molecule has 1 amide bonds. The number of non-ortho nitro benzene ring substituents is 2. The van der Waals surface area contributed by atoms with Gasteiger partial charge in [-0.25, -0.2) is 30.4 Å². The van der Waals surface area contributed by atoms with E-state index in [9.17, 15) is 55.4 Å². The van der Waals surface area contributed by atoms with Crippen molar-refractivity contribution in [3.05, 3.63) is 79.4 Å². The van der Waals surface area contributed by atoms with Crippen LogP contribution < -0.4 is 5.32 Å². The smallest absolute Gasteiger partial charge is 0.338 e. The molecule has 0 aliphatic carbocycles. The first-order chi connectivity index (χ1) is 19.0. The summed E-state index contributed by atoms with van der Waals surface area (Å²) >= 11 is 0. The number of benzene rings is 2. The zero-order valence-corrected chi connectivity index (χ0v) is 22.7. The zero-order chi connectivity index (χ0) is 31.0. The van der Waals surface area contributed by atoms with Crippen LogP contribution in [-0.4, -0.2) is 97.8 Å². The lowest BCUT2D eigenvalue weighted by atomic mass is 10.1. The Morgan fingerprint density at radius 3 is 1.54 bits per heavy atom. The molecule has 41 heavy (non-hydrogen) atoms. The minimum atomic E-state index is -3.14. The summed E-state index contributed by atoms with van der Waals surface area (Å²) in [6, 6.07) is 5.12. The second-order valence-electron chi connectivity index (χ2n) is 8.49. The monoisotopic (exact) mass is 622 g/mol. The summed E-state index contributed by atoms with van der Waals surface area (Å²) < 4.78 is 70.2. The number of nitrogens with one attached hydrogen (secondary N) is 1. The van der Waals surface area contributed by atoms with Gasteiger partial charge in [0.25, 0.3) is 17.3 Å². The van der Waals surface area contributed by atoms with E-state index in [1.54, 1.807) is 0 Å². The Hall–Kier alpha value is -4.10. The van der Waals surface area contributed by atoms with Gasteiger partial charge in [-0.1, -0.05) is 0 Å². The molecule has 0 spiro atoms. The molecule has 19 heteroatoms. The number of sulfone groups is 2. The van der Waals surface area contributed by atoms with Crippen molar-refractivity contribution in [2.45, 2.75) is 0 Å². The van der Waals surface area contributed by atoms with Crippen LogP contribution in [0.25, 0.3) is 0 Å². The molecule has 224 valence electrons. The van der Waals surface area contributed by atoms with Gasteiger partial charge < -0.3 is 15.3 Å². The Morgan fingerprint density at radius 2 is 1.20 bits per heavy atom. The summed E-state index contributed by atoms with van der Waals surface area (Å²) in [6.07, 6.45) is 0. The van der Waals surface area contributed by atoms with E-state index in [0.717, 1.165) is 24.3 Å². The van der Waals surface area contributed by atoms with Crippen molar-refractivity contribution in [1.82, 2.24) is 10.2 Å². The van der Waals surface area contributed by atoms with Crippen LogP contribution in [0.5, 0.6) is 0 Å². The van der Waals surface area contributed by atoms with Crippen LogP contribution in [0.15, 0.2) is 36.4 Å². The predicted octanol–water partition coefficient (Wildman–Crippen LogP) is 1.04. The van der Waals surface area contributed by atoms with Gasteiger partial charge in [0.05, 0.1) is 56.1 Å². The lowest BCUT2D eigenvalue weighted by Crippen LogP contribution is -2.44. The fourth-order valence-electron chi connectivity index (χ4n) is 3.35. The quantitative estimate of drug-likeness (QED) is 0.360.